The number of nitrogens with one attached hydrogen (secondary N) is 1. The molecule has 160 valence electrons. The van der Waals surface area contributed by atoms with Gasteiger partial charge in [0, 0.05) is 24.3 Å². The molecule has 2 amide bonds. The first kappa shape index (κ1) is 21.0. The standard InChI is InChI=1S/C22H19ClFN3O4/c1-13-18(20(26-31-13)19-16(23)3-2-4-17(19)24)21(28)25-15-7-5-14(6-8-15)22(29)27-9-11-30-12-10-27/h2-8H,9-12H2,1H3,(H,25,28). The number of hydrogen-bond donors (Lipinski definition) is 1. The Hall–Kier alpha value is -3.23. The van der Waals surface area contributed by atoms with Gasteiger partial charge >= 0.3 is 0 Å². The van der Waals surface area contributed by atoms with Crippen molar-refractivity contribution in [2.75, 3.05) is 31.6 Å². The molecule has 4 rings (SSSR count). The summed E-state index contributed by atoms with van der Waals surface area (Å²) in [6.07, 6.45) is 0. The Balaban J connectivity index is 1.54. The molecule has 1 N–H and O–H groups in total. The zero-order valence-corrected chi connectivity index (χ0v) is 17.4. The number of morpholine rings is 1. The maximum absolute atomic E-state index is 14.3. The molecule has 3 aromatic rings. The molecule has 1 aliphatic rings. The van der Waals surface area contributed by atoms with Crippen LogP contribution in [-0.2, 0) is 4.74 Å². The monoisotopic (exact) mass is 443 g/mol. The lowest BCUT2D eigenvalue weighted by Crippen LogP contribution is -2.40. The average Bonchev–Trinajstić information content (AvgIpc) is 3.15. The van der Waals surface area contributed by atoms with E-state index in [4.69, 9.17) is 20.9 Å². The molecule has 0 aliphatic carbocycles. The number of benzene rings is 2. The number of aryl methyl sites for hydroxylation is 1. The van der Waals surface area contributed by atoms with E-state index in [0.29, 0.717) is 37.6 Å². The van der Waals surface area contributed by atoms with Crippen molar-refractivity contribution in [2.45, 2.75) is 6.92 Å². The third kappa shape index (κ3) is 4.30. The second-order valence-corrected chi connectivity index (χ2v) is 7.40. The molecule has 0 unspecified atom stereocenters. The summed E-state index contributed by atoms with van der Waals surface area (Å²) in [5, 5.41) is 6.69. The number of halogens is 2. The Morgan fingerprint density at radius 3 is 2.52 bits per heavy atom. The number of nitrogens with zero attached hydrogens (tertiary/aromatic N) is 2. The molecule has 0 saturated carbocycles. The van der Waals surface area contributed by atoms with E-state index >= 15 is 0 Å². The maximum atomic E-state index is 14.3. The van der Waals surface area contributed by atoms with E-state index in [2.05, 4.69) is 10.5 Å². The predicted molar refractivity (Wildman–Crippen MR) is 113 cm³/mol. The largest absolute Gasteiger partial charge is 0.378 e. The summed E-state index contributed by atoms with van der Waals surface area (Å²) in [6, 6.07) is 10.8. The third-order valence-corrected chi connectivity index (χ3v) is 5.29. The van der Waals surface area contributed by atoms with Crippen molar-refractivity contribution in [1.29, 1.82) is 0 Å². The summed E-state index contributed by atoms with van der Waals surface area (Å²) in [6.45, 7) is 3.69. The zero-order valence-electron chi connectivity index (χ0n) is 16.7. The van der Waals surface area contributed by atoms with Crippen LogP contribution in [0.3, 0.4) is 0 Å². The highest BCUT2D eigenvalue weighted by Gasteiger charge is 2.25. The molecule has 1 saturated heterocycles. The fourth-order valence-corrected chi connectivity index (χ4v) is 3.63. The molecular formula is C22H19ClFN3O4. The van der Waals surface area contributed by atoms with Crippen LogP contribution < -0.4 is 5.32 Å². The molecule has 31 heavy (non-hydrogen) atoms. The summed E-state index contributed by atoms with van der Waals surface area (Å²) in [7, 11) is 0. The van der Waals surface area contributed by atoms with Crippen LogP contribution in [0.2, 0.25) is 5.02 Å². The summed E-state index contributed by atoms with van der Waals surface area (Å²) in [5.74, 6) is -1.00. The number of carbonyl (C=O) groups excluding carboxylic acids is 2. The second kappa shape index (κ2) is 8.87. The van der Waals surface area contributed by atoms with Gasteiger partial charge in [-0.25, -0.2) is 4.39 Å². The minimum Gasteiger partial charge on any atom is -0.378 e. The average molecular weight is 444 g/mol. The summed E-state index contributed by atoms with van der Waals surface area (Å²) >= 11 is 6.12. The van der Waals surface area contributed by atoms with Gasteiger partial charge in [-0.05, 0) is 43.3 Å². The van der Waals surface area contributed by atoms with Gasteiger partial charge in [0.1, 0.15) is 22.8 Å². The van der Waals surface area contributed by atoms with Gasteiger partial charge in [0.2, 0.25) is 0 Å². The van der Waals surface area contributed by atoms with Gasteiger partial charge in [-0.2, -0.15) is 0 Å². The van der Waals surface area contributed by atoms with Crippen LogP contribution in [0.5, 0.6) is 0 Å². The second-order valence-electron chi connectivity index (χ2n) is 7.00. The number of aromatic nitrogens is 1. The zero-order chi connectivity index (χ0) is 22.0. The highest BCUT2D eigenvalue weighted by Crippen LogP contribution is 2.33. The van der Waals surface area contributed by atoms with Gasteiger partial charge in [-0.15, -0.1) is 0 Å². The van der Waals surface area contributed by atoms with E-state index in [1.54, 1.807) is 36.1 Å². The minimum atomic E-state index is -0.610. The van der Waals surface area contributed by atoms with Crippen LogP contribution in [0.1, 0.15) is 26.5 Å². The van der Waals surface area contributed by atoms with Crippen molar-refractivity contribution >= 4 is 29.1 Å². The van der Waals surface area contributed by atoms with Gasteiger partial charge in [0.05, 0.1) is 23.8 Å². The molecular weight excluding hydrogens is 425 g/mol. The topological polar surface area (TPSA) is 84.7 Å². The van der Waals surface area contributed by atoms with Crippen molar-refractivity contribution in [2.24, 2.45) is 0 Å². The lowest BCUT2D eigenvalue weighted by atomic mass is 10.0. The van der Waals surface area contributed by atoms with Crippen LogP contribution in [-0.4, -0.2) is 48.2 Å². The lowest BCUT2D eigenvalue weighted by molar-refractivity contribution is 0.0303. The van der Waals surface area contributed by atoms with E-state index in [9.17, 15) is 14.0 Å². The predicted octanol–water partition coefficient (Wildman–Crippen LogP) is 4.17. The third-order valence-electron chi connectivity index (χ3n) is 4.98. The summed E-state index contributed by atoms with van der Waals surface area (Å²) in [4.78, 5) is 27.2. The van der Waals surface area contributed by atoms with E-state index in [-0.39, 0.29) is 33.5 Å². The molecule has 0 spiro atoms. The Bertz CT molecular complexity index is 1100. The van der Waals surface area contributed by atoms with Gasteiger partial charge < -0.3 is 19.5 Å². The van der Waals surface area contributed by atoms with E-state index in [1.807, 2.05) is 0 Å². The van der Waals surface area contributed by atoms with Crippen molar-refractivity contribution in [1.82, 2.24) is 10.1 Å². The normalized spacial score (nSPS) is 13.8. The van der Waals surface area contributed by atoms with Gasteiger partial charge in [-0.1, -0.05) is 22.8 Å². The van der Waals surface area contributed by atoms with Crippen molar-refractivity contribution in [3.8, 4) is 11.3 Å². The Morgan fingerprint density at radius 1 is 1.13 bits per heavy atom. The maximum Gasteiger partial charge on any atom is 0.261 e. The SMILES string of the molecule is Cc1onc(-c2c(F)cccc2Cl)c1C(=O)Nc1ccc(C(=O)N2CCOCC2)cc1. The van der Waals surface area contributed by atoms with Crippen molar-refractivity contribution < 1.29 is 23.2 Å². The minimum absolute atomic E-state index is 0.00220. The summed E-state index contributed by atoms with van der Waals surface area (Å²) < 4.78 is 24.8. The van der Waals surface area contributed by atoms with Crippen LogP contribution >= 0.6 is 11.6 Å². The van der Waals surface area contributed by atoms with Crippen LogP contribution in [0, 0.1) is 12.7 Å². The molecule has 9 heteroatoms. The van der Waals surface area contributed by atoms with Gasteiger partial charge in [-0.3, -0.25) is 9.59 Å². The summed E-state index contributed by atoms with van der Waals surface area (Å²) in [5.41, 5.74) is 1.09. The molecule has 0 bridgehead atoms. The molecule has 1 fully saturated rings. The lowest BCUT2D eigenvalue weighted by Gasteiger charge is -2.26. The quantitative estimate of drug-likeness (QED) is 0.654. The van der Waals surface area contributed by atoms with Crippen LogP contribution in [0.4, 0.5) is 10.1 Å². The molecule has 2 heterocycles. The van der Waals surface area contributed by atoms with Crippen LogP contribution in [0.25, 0.3) is 11.3 Å². The number of carbonyl (C=O) groups is 2. The Labute approximate surface area is 182 Å². The first-order valence-corrected chi connectivity index (χ1v) is 10.0. The smallest absolute Gasteiger partial charge is 0.261 e. The number of amides is 2. The van der Waals surface area contributed by atoms with Crippen molar-refractivity contribution in [3.63, 3.8) is 0 Å². The highest BCUT2D eigenvalue weighted by molar-refractivity contribution is 6.33. The Kier molecular flexibility index (Phi) is 6.01. The van der Waals surface area contributed by atoms with E-state index in [1.165, 1.54) is 18.2 Å². The first-order valence-electron chi connectivity index (χ1n) is 9.65. The fraction of sp³-hybridized carbons (Fsp3) is 0.227. The highest BCUT2D eigenvalue weighted by atomic mass is 35.5. The molecule has 2 aromatic carbocycles. The number of hydrogen-bond acceptors (Lipinski definition) is 5. The molecule has 1 aromatic heterocycles. The molecule has 0 radical (unpaired) electrons. The van der Waals surface area contributed by atoms with Crippen molar-refractivity contribution in [3.05, 3.63) is 70.2 Å². The number of ether oxygens (including phenoxy) is 1. The Morgan fingerprint density at radius 2 is 1.84 bits per heavy atom. The first-order chi connectivity index (χ1) is 15.0. The van der Waals surface area contributed by atoms with E-state index in [0.717, 1.165) is 0 Å². The molecule has 1 aliphatic heterocycles. The number of anilines is 1. The van der Waals surface area contributed by atoms with E-state index < -0.39 is 11.7 Å². The molecule has 7 nitrogen and oxygen atoms in total. The van der Waals surface area contributed by atoms with Gasteiger partial charge in [0.25, 0.3) is 11.8 Å². The molecule has 0 atom stereocenters. The van der Waals surface area contributed by atoms with Gasteiger partial charge in [0.15, 0.2) is 0 Å². The van der Waals surface area contributed by atoms with Crippen LogP contribution in [0.15, 0.2) is 47.0 Å². The number of rotatable bonds is 4. The fourth-order valence-electron chi connectivity index (χ4n) is 3.37.